The molecule has 0 saturated carbocycles. The summed E-state index contributed by atoms with van der Waals surface area (Å²) in [5.41, 5.74) is 0.918. The first-order chi connectivity index (χ1) is 9.65. The molecule has 0 aliphatic carbocycles. The predicted octanol–water partition coefficient (Wildman–Crippen LogP) is 4.12. The lowest BCUT2D eigenvalue weighted by atomic mass is 10.2. The van der Waals surface area contributed by atoms with Gasteiger partial charge < -0.3 is 4.90 Å². The van der Waals surface area contributed by atoms with Crippen LogP contribution in [0.3, 0.4) is 0 Å². The van der Waals surface area contributed by atoms with Crippen LogP contribution in [0.2, 0.25) is 0 Å². The average molecular weight is 370 g/mol. The second-order valence-corrected chi connectivity index (χ2v) is 8.05. The third-order valence-electron chi connectivity index (χ3n) is 3.26. The number of halogens is 1. The van der Waals surface area contributed by atoms with Gasteiger partial charge in [0.25, 0.3) is 0 Å². The summed E-state index contributed by atoms with van der Waals surface area (Å²) in [6.45, 7) is 0.134. The lowest BCUT2D eigenvalue weighted by Crippen LogP contribution is -2.34. The molecule has 20 heavy (non-hydrogen) atoms. The van der Waals surface area contributed by atoms with Gasteiger partial charge in [-0.15, -0.1) is 22.7 Å². The van der Waals surface area contributed by atoms with E-state index in [-0.39, 0.29) is 18.2 Å². The number of ketones is 1. The van der Waals surface area contributed by atoms with Crippen LogP contribution in [-0.4, -0.2) is 18.2 Å². The fraction of sp³-hybridized carbons (Fsp3) is 0.286. The highest BCUT2D eigenvalue weighted by molar-refractivity contribution is 9.11. The van der Waals surface area contributed by atoms with E-state index in [4.69, 9.17) is 0 Å². The summed E-state index contributed by atoms with van der Waals surface area (Å²) in [5.74, 6) is 0.0409. The highest BCUT2D eigenvalue weighted by Crippen LogP contribution is 2.32. The van der Waals surface area contributed by atoms with Crippen molar-refractivity contribution in [2.75, 3.05) is 11.4 Å². The summed E-state index contributed by atoms with van der Waals surface area (Å²) in [5, 5.41) is 1.99. The van der Waals surface area contributed by atoms with E-state index in [1.54, 1.807) is 22.3 Å². The van der Waals surface area contributed by atoms with Gasteiger partial charge in [0.05, 0.1) is 20.9 Å². The van der Waals surface area contributed by atoms with Gasteiger partial charge in [0.15, 0.2) is 5.78 Å². The number of amides is 1. The van der Waals surface area contributed by atoms with Gasteiger partial charge >= 0.3 is 0 Å². The van der Waals surface area contributed by atoms with E-state index in [1.165, 1.54) is 16.2 Å². The maximum atomic E-state index is 12.3. The third-order valence-corrected chi connectivity index (χ3v) is 5.89. The zero-order chi connectivity index (χ0) is 14.1. The molecule has 0 aromatic carbocycles. The molecule has 2 aromatic rings. The number of rotatable bonds is 3. The number of aryl methyl sites for hydroxylation is 1. The van der Waals surface area contributed by atoms with Crippen molar-refractivity contribution in [2.24, 2.45) is 0 Å². The first-order valence-corrected chi connectivity index (χ1v) is 8.79. The molecule has 6 heteroatoms. The number of nitrogens with zero attached hydrogens (tertiary/aromatic N) is 1. The van der Waals surface area contributed by atoms with E-state index in [1.807, 2.05) is 17.5 Å². The minimum atomic E-state index is -0.00639. The number of anilines is 1. The minimum Gasteiger partial charge on any atom is -0.303 e. The van der Waals surface area contributed by atoms with Gasteiger partial charge in [-0.25, -0.2) is 0 Å². The molecule has 0 spiro atoms. The van der Waals surface area contributed by atoms with Crippen LogP contribution in [0.15, 0.2) is 27.4 Å². The van der Waals surface area contributed by atoms with Crippen LogP contribution in [0.25, 0.3) is 0 Å². The van der Waals surface area contributed by atoms with Crippen molar-refractivity contribution in [3.05, 3.63) is 37.1 Å². The standard InChI is InChI=1S/C14H12BrNO2S2/c15-13-5-4-12(20-13)10(17)8-16-9-6-7-19-11(9)2-1-3-14(16)18/h4-7H,1-3,8H2. The SMILES string of the molecule is O=C(CN1C(=O)CCCc2sccc21)c1ccc(Br)s1. The monoisotopic (exact) mass is 369 g/mol. The lowest BCUT2D eigenvalue weighted by Gasteiger charge is -2.19. The summed E-state index contributed by atoms with van der Waals surface area (Å²) in [6.07, 6.45) is 2.30. The molecule has 1 aliphatic heterocycles. The number of carbonyl (C=O) groups is 2. The maximum absolute atomic E-state index is 12.3. The summed E-state index contributed by atoms with van der Waals surface area (Å²) < 4.78 is 0.930. The number of fused-ring (bicyclic) bond motifs is 1. The topological polar surface area (TPSA) is 37.4 Å². The van der Waals surface area contributed by atoms with Crippen molar-refractivity contribution in [1.82, 2.24) is 0 Å². The van der Waals surface area contributed by atoms with Crippen molar-refractivity contribution in [2.45, 2.75) is 19.3 Å². The van der Waals surface area contributed by atoms with Crippen molar-refractivity contribution in [1.29, 1.82) is 0 Å². The van der Waals surface area contributed by atoms with E-state index < -0.39 is 0 Å². The van der Waals surface area contributed by atoms with E-state index in [9.17, 15) is 9.59 Å². The van der Waals surface area contributed by atoms with Gasteiger partial charge in [-0.05, 0) is 52.4 Å². The maximum Gasteiger partial charge on any atom is 0.227 e. The third kappa shape index (κ3) is 2.73. The Morgan fingerprint density at radius 2 is 2.15 bits per heavy atom. The van der Waals surface area contributed by atoms with Crippen molar-refractivity contribution in [3.63, 3.8) is 0 Å². The summed E-state index contributed by atoms with van der Waals surface area (Å²) in [6, 6.07) is 5.60. The van der Waals surface area contributed by atoms with Crippen LogP contribution >= 0.6 is 38.6 Å². The van der Waals surface area contributed by atoms with Gasteiger partial charge in [-0.1, -0.05) is 0 Å². The summed E-state index contributed by atoms with van der Waals surface area (Å²) in [7, 11) is 0. The smallest absolute Gasteiger partial charge is 0.227 e. The molecule has 3 heterocycles. The van der Waals surface area contributed by atoms with Gasteiger partial charge in [-0.3, -0.25) is 9.59 Å². The fourth-order valence-electron chi connectivity index (χ4n) is 2.29. The molecule has 0 unspecified atom stereocenters. The molecule has 0 atom stereocenters. The van der Waals surface area contributed by atoms with Crippen LogP contribution < -0.4 is 4.90 Å². The molecule has 0 bridgehead atoms. The Hall–Kier alpha value is -0.980. The molecule has 2 aromatic heterocycles. The van der Waals surface area contributed by atoms with E-state index in [0.29, 0.717) is 11.3 Å². The van der Waals surface area contributed by atoms with Gasteiger partial charge in [0, 0.05) is 11.3 Å². The Kier molecular flexibility index (Phi) is 4.05. The molecule has 0 N–H and O–H groups in total. The van der Waals surface area contributed by atoms with Crippen LogP contribution in [-0.2, 0) is 11.2 Å². The number of thiophene rings is 2. The molecule has 1 aliphatic rings. The second kappa shape index (κ2) is 5.79. The molecular formula is C14H12BrNO2S2. The fourth-order valence-corrected chi connectivity index (χ4v) is 4.53. The van der Waals surface area contributed by atoms with Gasteiger partial charge in [0.1, 0.15) is 0 Å². The first-order valence-electron chi connectivity index (χ1n) is 6.30. The molecule has 0 radical (unpaired) electrons. The molecule has 3 nitrogen and oxygen atoms in total. The number of carbonyl (C=O) groups excluding carboxylic acids is 2. The highest BCUT2D eigenvalue weighted by atomic mass is 79.9. The zero-order valence-electron chi connectivity index (χ0n) is 10.6. The molecule has 3 rings (SSSR count). The predicted molar refractivity (Wildman–Crippen MR) is 86.0 cm³/mol. The summed E-state index contributed by atoms with van der Waals surface area (Å²) >= 11 is 6.42. The normalized spacial score (nSPS) is 15.1. The first kappa shape index (κ1) is 14.0. The number of hydrogen-bond donors (Lipinski definition) is 0. The lowest BCUT2D eigenvalue weighted by molar-refractivity contribution is -0.118. The molecule has 0 fully saturated rings. The van der Waals surface area contributed by atoms with Gasteiger partial charge in [0.2, 0.25) is 5.91 Å². The Balaban J connectivity index is 1.86. The molecule has 104 valence electrons. The Morgan fingerprint density at radius 3 is 2.90 bits per heavy atom. The largest absolute Gasteiger partial charge is 0.303 e. The quantitative estimate of drug-likeness (QED) is 0.762. The molecule has 0 saturated heterocycles. The highest BCUT2D eigenvalue weighted by Gasteiger charge is 2.25. The van der Waals surface area contributed by atoms with Crippen LogP contribution in [0.5, 0.6) is 0 Å². The average Bonchev–Trinajstić information content (AvgIpc) is 3.02. The van der Waals surface area contributed by atoms with E-state index in [2.05, 4.69) is 15.9 Å². The second-order valence-electron chi connectivity index (χ2n) is 4.59. The summed E-state index contributed by atoms with van der Waals surface area (Å²) in [4.78, 5) is 28.1. The zero-order valence-corrected chi connectivity index (χ0v) is 13.8. The van der Waals surface area contributed by atoms with Crippen molar-refractivity contribution < 1.29 is 9.59 Å². The van der Waals surface area contributed by atoms with E-state index >= 15 is 0 Å². The molecular weight excluding hydrogens is 358 g/mol. The minimum absolute atomic E-state index is 0.00639. The Labute approximate surface area is 133 Å². The van der Waals surface area contributed by atoms with E-state index in [0.717, 1.165) is 22.3 Å². The van der Waals surface area contributed by atoms with Crippen molar-refractivity contribution in [3.8, 4) is 0 Å². The van der Waals surface area contributed by atoms with Crippen LogP contribution in [0.1, 0.15) is 27.4 Å². The Bertz CT molecular complexity index is 662. The van der Waals surface area contributed by atoms with Crippen LogP contribution in [0, 0.1) is 0 Å². The number of hydrogen-bond acceptors (Lipinski definition) is 4. The van der Waals surface area contributed by atoms with Crippen LogP contribution in [0.4, 0.5) is 5.69 Å². The van der Waals surface area contributed by atoms with Crippen molar-refractivity contribution >= 4 is 56.0 Å². The molecule has 1 amide bonds. The van der Waals surface area contributed by atoms with Gasteiger partial charge in [-0.2, -0.15) is 0 Å². The Morgan fingerprint density at radius 1 is 1.30 bits per heavy atom. The number of Topliss-reactive ketones (excluding diaryl/α,β-unsaturated/α-hetero) is 1.